The summed E-state index contributed by atoms with van der Waals surface area (Å²) in [4.78, 5) is 37.9. The normalized spacial score (nSPS) is 10.7. The number of aromatic nitrogens is 1. The predicted octanol–water partition coefficient (Wildman–Crippen LogP) is 3.01. The second-order valence-corrected chi connectivity index (χ2v) is 5.70. The van der Waals surface area contributed by atoms with Gasteiger partial charge in [-0.15, -0.1) is 0 Å². The first-order valence-corrected chi connectivity index (χ1v) is 7.70. The summed E-state index contributed by atoms with van der Waals surface area (Å²) in [5, 5.41) is 11.6. The number of hydrogen-bond acceptors (Lipinski definition) is 6. The van der Waals surface area contributed by atoms with E-state index >= 15 is 0 Å². The molecule has 26 heavy (non-hydrogen) atoms. The first kappa shape index (κ1) is 17.2. The van der Waals surface area contributed by atoms with Crippen molar-refractivity contribution in [3.63, 3.8) is 0 Å². The molecule has 3 N–H and O–H groups in total. The molecule has 1 aromatic heterocycles. The molecule has 2 aromatic carbocycles. The fourth-order valence-electron chi connectivity index (χ4n) is 2.75. The van der Waals surface area contributed by atoms with Crippen molar-refractivity contribution in [1.82, 2.24) is 4.98 Å². The fraction of sp³-hybridized carbons (Fsp3) is 0.111. The molecule has 0 amide bonds. The fourth-order valence-corrected chi connectivity index (χ4v) is 2.75. The molecular weight excluding hydrogens is 338 g/mol. The van der Waals surface area contributed by atoms with Crippen molar-refractivity contribution in [3.05, 3.63) is 69.4 Å². The van der Waals surface area contributed by atoms with E-state index in [2.05, 4.69) is 4.98 Å². The number of carbonyl (C=O) groups excluding carboxylic acids is 2. The Hall–Kier alpha value is -3.68. The van der Waals surface area contributed by atoms with Gasteiger partial charge < -0.3 is 15.5 Å². The molecule has 3 rings (SSSR count). The zero-order chi connectivity index (χ0) is 18.8. The Labute approximate surface area is 147 Å². The number of aromatic amines is 1. The Morgan fingerprint density at radius 1 is 1.23 bits per heavy atom. The molecule has 8 heteroatoms. The number of esters is 1. The number of hydrogen-bond donors (Lipinski definition) is 2. The van der Waals surface area contributed by atoms with E-state index in [0.717, 1.165) is 17.0 Å². The number of aryl methyl sites for hydroxylation is 1. The standard InChI is InChI=1S/C18H15N3O5/c1-10-17(12-4-2-3-5-14(12)20-10)16(22)9-26-18(23)11-6-7-13(19)15(8-11)21(24)25/h2-8,20H,9,19H2,1H3. The number of nitrogen functional groups attached to an aromatic ring is 1. The molecule has 3 aromatic rings. The number of nitro groups is 1. The first-order chi connectivity index (χ1) is 12.4. The highest BCUT2D eigenvalue weighted by molar-refractivity contribution is 6.10. The number of Topliss-reactive ketones (excluding diaryl/α,β-unsaturated/α-hetero) is 1. The van der Waals surface area contributed by atoms with Crippen LogP contribution >= 0.6 is 0 Å². The number of ether oxygens (including phenoxy) is 1. The number of carbonyl (C=O) groups is 2. The van der Waals surface area contributed by atoms with Gasteiger partial charge in [0.05, 0.1) is 10.5 Å². The number of ketones is 1. The molecule has 0 aliphatic rings. The van der Waals surface area contributed by atoms with Gasteiger partial charge >= 0.3 is 5.97 Å². The van der Waals surface area contributed by atoms with Gasteiger partial charge in [0.2, 0.25) is 5.78 Å². The average Bonchev–Trinajstić information content (AvgIpc) is 2.95. The summed E-state index contributed by atoms with van der Waals surface area (Å²) in [6, 6.07) is 10.9. The SMILES string of the molecule is Cc1[nH]c2ccccc2c1C(=O)COC(=O)c1ccc(N)c([N+](=O)[O-])c1. The molecule has 0 aliphatic carbocycles. The summed E-state index contributed by atoms with van der Waals surface area (Å²) in [6.07, 6.45) is 0. The Balaban J connectivity index is 1.77. The predicted molar refractivity (Wildman–Crippen MR) is 95.2 cm³/mol. The molecule has 0 spiro atoms. The van der Waals surface area contributed by atoms with Crippen molar-refractivity contribution in [2.24, 2.45) is 0 Å². The molecule has 0 saturated heterocycles. The van der Waals surface area contributed by atoms with Gasteiger partial charge in [0.15, 0.2) is 6.61 Å². The third-order valence-electron chi connectivity index (χ3n) is 3.97. The zero-order valence-electron chi connectivity index (χ0n) is 13.8. The lowest BCUT2D eigenvalue weighted by molar-refractivity contribution is -0.383. The minimum Gasteiger partial charge on any atom is -0.454 e. The van der Waals surface area contributed by atoms with E-state index < -0.39 is 23.2 Å². The van der Waals surface area contributed by atoms with Gasteiger partial charge in [-0.3, -0.25) is 14.9 Å². The van der Waals surface area contributed by atoms with Crippen molar-refractivity contribution in [2.45, 2.75) is 6.92 Å². The van der Waals surface area contributed by atoms with Crippen LogP contribution in [0.3, 0.4) is 0 Å². The monoisotopic (exact) mass is 353 g/mol. The van der Waals surface area contributed by atoms with Crippen LogP contribution in [-0.4, -0.2) is 28.3 Å². The number of H-pyrrole nitrogens is 1. The summed E-state index contributed by atoms with van der Waals surface area (Å²) in [5.74, 6) is -1.20. The average molecular weight is 353 g/mol. The van der Waals surface area contributed by atoms with Crippen LogP contribution in [0, 0.1) is 17.0 Å². The van der Waals surface area contributed by atoms with Crippen LogP contribution in [0.15, 0.2) is 42.5 Å². The van der Waals surface area contributed by atoms with Gasteiger partial charge in [0, 0.05) is 28.2 Å². The summed E-state index contributed by atoms with van der Waals surface area (Å²) in [7, 11) is 0. The lowest BCUT2D eigenvalue weighted by Crippen LogP contribution is -2.15. The second-order valence-electron chi connectivity index (χ2n) is 5.70. The molecule has 0 radical (unpaired) electrons. The number of nitrogens with one attached hydrogen (secondary N) is 1. The number of nitrogens with two attached hydrogens (primary N) is 1. The van der Waals surface area contributed by atoms with Crippen LogP contribution in [0.25, 0.3) is 10.9 Å². The minimum atomic E-state index is -0.834. The molecule has 0 unspecified atom stereocenters. The van der Waals surface area contributed by atoms with Crippen LogP contribution in [-0.2, 0) is 4.74 Å². The van der Waals surface area contributed by atoms with Gasteiger partial charge in [-0.05, 0) is 25.1 Å². The molecule has 0 fully saturated rings. The maximum absolute atomic E-state index is 12.5. The van der Waals surface area contributed by atoms with Crippen molar-refractivity contribution >= 4 is 34.0 Å². The van der Waals surface area contributed by atoms with E-state index in [4.69, 9.17) is 10.5 Å². The van der Waals surface area contributed by atoms with Gasteiger partial charge in [-0.1, -0.05) is 18.2 Å². The van der Waals surface area contributed by atoms with Crippen LogP contribution in [0.4, 0.5) is 11.4 Å². The quantitative estimate of drug-likeness (QED) is 0.238. The first-order valence-electron chi connectivity index (χ1n) is 7.70. The van der Waals surface area contributed by atoms with Gasteiger partial charge in [-0.2, -0.15) is 0 Å². The smallest absolute Gasteiger partial charge is 0.338 e. The third kappa shape index (κ3) is 3.12. The van der Waals surface area contributed by atoms with Crippen molar-refractivity contribution in [1.29, 1.82) is 0 Å². The van der Waals surface area contributed by atoms with Crippen molar-refractivity contribution < 1.29 is 19.2 Å². The molecule has 1 heterocycles. The zero-order valence-corrected chi connectivity index (χ0v) is 13.8. The van der Waals surface area contributed by atoms with Gasteiger partial charge in [0.25, 0.3) is 5.69 Å². The van der Waals surface area contributed by atoms with Crippen LogP contribution in [0.1, 0.15) is 26.4 Å². The number of nitrogens with zero attached hydrogens (tertiary/aromatic N) is 1. The van der Waals surface area contributed by atoms with E-state index in [9.17, 15) is 19.7 Å². The number of fused-ring (bicyclic) bond motifs is 1. The maximum Gasteiger partial charge on any atom is 0.338 e. The summed E-state index contributed by atoms with van der Waals surface area (Å²) in [6.45, 7) is 1.29. The Morgan fingerprint density at radius 3 is 2.69 bits per heavy atom. The lowest BCUT2D eigenvalue weighted by atomic mass is 10.1. The second kappa shape index (κ2) is 6.67. The van der Waals surface area contributed by atoms with E-state index in [0.29, 0.717) is 11.3 Å². The van der Waals surface area contributed by atoms with Crippen LogP contribution in [0.2, 0.25) is 0 Å². The number of para-hydroxylation sites is 1. The largest absolute Gasteiger partial charge is 0.454 e. The molecule has 0 aliphatic heterocycles. The summed E-state index contributed by atoms with van der Waals surface area (Å²) in [5.41, 5.74) is 6.94. The van der Waals surface area contributed by atoms with E-state index in [1.165, 1.54) is 12.1 Å². The lowest BCUT2D eigenvalue weighted by Gasteiger charge is -2.05. The van der Waals surface area contributed by atoms with Crippen molar-refractivity contribution in [2.75, 3.05) is 12.3 Å². The molecule has 0 bridgehead atoms. The molecule has 0 atom stereocenters. The molecule has 0 saturated carbocycles. The highest BCUT2D eigenvalue weighted by atomic mass is 16.6. The molecular formula is C18H15N3O5. The topological polar surface area (TPSA) is 128 Å². The van der Waals surface area contributed by atoms with Crippen LogP contribution < -0.4 is 5.73 Å². The Kier molecular flexibility index (Phi) is 4.40. The highest BCUT2D eigenvalue weighted by Crippen LogP contribution is 2.24. The van der Waals surface area contributed by atoms with Gasteiger partial charge in [-0.25, -0.2) is 4.79 Å². The minimum absolute atomic E-state index is 0.0469. The Morgan fingerprint density at radius 2 is 1.96 bits per heavy atom. The Bertz CT molecular complexity index is 1040. The van der Waals surface area contributed by atoms with Crippen molar-refractivity contribution in [3.8, 4) is 0 Å². The number of benzene rings is 2. The molecule has 132 valence electrons. The van der Waals surface area contributed by atoms with Crippen LogP contribution in [0.5, 0.6) is 0 Å². The number of anilines is 1. The summed E-state index contributed by atoms with van der Waals surface area (Å²) < 4.78 is 5.03. The maximum atomic E-state index is 12.5. The molecule has 8 nitrogen and oxygen atoms in total. The highest BCUT2D eigenvalue weighted by Gasteiger charge is 2.20. The van der Waals surface area contributed by atoms with E-state index in [1.54, 1.807) is 13.0 Å². The van der Waals surface area contributed by atoms with E-state index in [1.807, 2.05) is 18.2 Å². The van der Waals surface area contributed by atoms with E-state index in [-0.39, 0.29) is 17.0 Å². The third-order valence-corrected chi connectivity index (χ3v) is 3.97. The van der Waals surface area contributed by atoms with Gasteiger partial charge in [0.1, 0.15) is 5.69 Å². The number of nitro benzene ring substituents is 1. The summed E-state index contributed by atoms with van der Waals surface area (Å²) >= 11 is 0. The number of rotatable bonds is 5.